The summed E-state index contributed by atoms with van der Waals surface area (Å²) in [7, 11) is 0. The average molecular weight is 193 g/mol. The summed E-state index contributed by atoms with van der Waals surface area (Å²) in [4.78, 5) is 11.4. The first-order valence-corrected chi connectivity index (χ1v) is 5.06. The fourth-order valence-corrected chi connectivity index (χ4v) is 1.43. The minimum Gasteiger partial charge on any atom is -0.309 e. The zero-order valence-corrected chi connectivity index (χ0v) is 8.34. The summed E-state index contributed by atoms with van der Waals surface area (Å²) in [5, 5.41) is 9.49. The summed E-state index contributed by atoms with van der Waals surface area (Å²) >= 11 is 0. The number of H-pyrrole nitrogens is 1. The first kappa shape index (κ1) is 9.24. The SMILES string of the molecule is Cc1cc(NC(=O)CCC2CC2)n[nH]1. The highest BCUT2D eigenvalue weighted by Gasteiger charge is 2.21. The van der Waals surface area contributed by atoms with Crippen LogP contribution in [0.15, 0.2) is 6.07 Å². The number of nitrogens with zero attached hydrogens (tertiary/aromatic N) is 1. The highest BCUT2D eigenvalue weighted by molar-refractivity contribution is 5.89. The molecule has 4 heteroatoms. The number of aryl methyl sites for hydroxylation is 1. The predicted octanol–water partition coefficient (Wildman–Crippen LogP) is 1.85. The van der Waals surface area contributed by atoms with Gasteiger partial charge < -0.3 is 5.32 Å². The van der Waals surface area contributed by atoms with Crippen molar-refractivity contribution in [3.8, 4) is 0 Å². The van der Waals surface area contributed by atoms with Crippen molar-refractivity contribution in [2.24, 2.45) is 5.92 Å². The van der Waals surface area contributed by atoms with Crippen LogP contribution < -0.4 is 5.32 Å². The van der Waals surface area contributed by atoms with E-state index in [9.17, 15) is 4.79 Å². The van der Waals surface area contributed by atoms with E-state index < -0.39 is 0 Å². The van der Waals surface area contributed by atoms with Gasteiger partial charge in [-0.25, -0.2) is 0 Å². The van der Waals surface area contributed by atoms with E-state index in [2.05, 4.69) is 15.5 Å². The van der Waals surface area contributed by atoms with Crippen LogP contribution in [-0.2, 0) is 4.79 Å². The lowest BCUT2D eigenvalue weighted by Crippen LogP contribution is -2.11. The lowest BCUT2D eigenvalue weighted by Gasteiger charge is -1.99. The number of carbonyl (C=O) groups excluding carboxylic acids is 1. The molecule has 0 spiro atoms. The minimum absolute atomic E-state index is 0.0726. The number of aromatic amines is 1. The smallest absolute Gasteiger partial charge is 0.225 e. The number of nitrogens with one attached hydrogen (secondary N) is 2. The average Bonchev–Trinajstić information content (AvgIpc) is 2.88. The quantitative estimate of drug-likeness (QED) is 0.766. The fraction of sp³-hybridized carbons (Fsp3) is 0.600. The normalized spacial score (nSPS) is 15.5. The van der Waals surface area contributed by atoms with Crippen LogP contribution in [0.5, 0.6) is 0 Å². The second kappa shape index (κ2) is 3.82. The van der Waals surface area contributed by atoms with Gasteiger partial charge in [0.05, 0.1) is 0 Å². The lowest BCUT2D eigenvalue weighted by molar-refractivity contribution is -0.116. The second-order valence-corrected chi connectivity index (χ2v) is 3.97. The monoisotopic (exact) mass is 193 g/mol. The molecular formula is C10H15N3O. The van der Waals surface area contributed by atoms with Gasteiger partial charge in [0, 0.05) is 18.2 Å². The molecule has 0 aliphatic heterocycles. The Hall–Kier alpha value is -1.32. The maximum Gasteiger partial charge on any atom is 0.225 e. The van der Waals surface area contributed by atoms with E-state index >= 15 is 0 Å². The summed E-state index contributed by atoms with van der Waals surface area (Å²) in [6, 6.07) is 1.83. The Labute approximate surface area is 83.1 Å². The van der Waals surface area contributed by atoms with Crippen molar-refractivity contribution in [1.82, 2.24) is 10.2 Å². The molecule has 0 saturated heterocycles. The Morgan fingerprint density at radius 3 is 3.07 bits per heavy atom. The highest BCUT2D eigenvalue weighted by atomic mass is 16.1. The number of anilines is 1. The molecule has 0 unspecified atom stereocenters. The highest BCUT2D eigenvalue weighted by Crippen LogP contribution is 2.33. The van der Waals surface area contributed by atoms with Crippen LogP contribution in [0.2, 0.25) is 0 Å². The van der Waals surface area contributed by atoms with E-state index in [0.717, 1.165) is 18.0 Å². The van der Waals surface area contributed by atoms with Crippen LogP contribution in [0, 0.1) is 12.8 Å². The predicted molar refractivity (Wildman–Crippen MR) is 53.9 cm³/mol. The van der Waals surface area contributed by atoms with Crippen molar-refractivity contribution in [2.75, 3.05) is 5.32 Å². The van der Waals surface area contributed by atoms with Crippen LogP contribution >= 0.6 is 0 Å². The number of aromatic nitrogens is 2. The van der Waals surface area contributed by atoms with Gasteiger partial charge in [-0.05, 0) is 19.3 Å². The van der Waals surface area contributed by atoms with Crippen molar-refractivity contribution in [3.05, 3.63) is 11.8 Å². The Balaban J connectivity index is 1.75. The summed E-state index contributed by atoms with van der Waals surface area (Å²) < 4.78 is 0. The van der Waals surface area contributed by atoms with Gasteiger partial charge in [-0.2, -0.15) is 5.10 Å². The molecule has 14 heavy (non-hydrogen) atoms. The number of hydrogen-bond donors (Lipinski definition) is 2. The molecule has 1 amide bonds. The molecule has 1 fully saturated rings. The van der Waals surface area contributed by atoms with Crippen molar-refractivity contribution in [2.45, 2.75) is 32.6 Å². The summed E-state index contributed by atoms with van der Waals surface area (Å²) in [6.45, 7) is 1.91. The first-order valence-electron chi connectivity index (χ1n) is 5.06. The molecule has 1 saturated carbocycles. The van der Waals surface area contributed by atoms with Crippen molar-refractivity contribution in [1.29, 1.82) is 0 Å². The zero-order valence-electron chi connectivity index (χ0n) is 8.34. The molecule has 0 radical (unpaired) electrons. The molecule has 2 N–H and O–H groups in total. The van der Waals surface area contributed by atoms with Crippen LogP contribution in [-0.4, -0.2) is 16.1 Å². The fourth-order valence-electron chi connectivity index (χ4n) is 1.43. The van der Waals surface area contributed by atoms with Gasteiger partial charge in [0.25, 0.3) is 0 Å². The van der Waals surface area contributed by atoms with E-state index in [1.165, 1.54) is 12.8 Å². The van der Waals surface area contributed by atoms with Crippen molar-refractivity contribution in [3.63, 3.8) is 0 Å². The third kappa shape index (κ3) is 2.58. The molecular weight excluding hydrogens is 178 g/mol. The van der Waals surface area contributed by atoms with Crippen LogP contribution in [0.1, 0.15) is 31.4 Å². The standard InChI is InChI=1S/C10H15N3O/c1-7-6-9(13-12-7)11-10(14)5-4-8-2-3-8/h6,8H,2-5H2,1H3,(H2,11,12,13,14). The molecule has 1 aromatic rings. The zero-order chi connectivity index (χ0) is 9.97. The Morgan fingerprint density at radius 2 is 2.50 bits per heavy atom. The van der Waals surface area contributed by atoms with Crippen LogP contribution in [0.25, 0.3) is 0 Å². The molecule has 1 aliphatic rings. The third-order valence-corrected chi connectivity index (χ3v) is 2.45. The van der Waals surface area contributed by atoms with Crippen molar-refractivity contribution < 1.29 is 4.79 Å². The molecule has 1 aromatic heterocycles. The third-order valence-electron chi connectivity index (χ3n) is 2.45. The lowest BCUT2D eigenvalue weighted by atomic mass is 10.2. The van der Waals surface area contributed by atoms with Gasteiger partial charge in [-0.15, -0.1) is 0 Å². The van der Waals surface area contributed by atoms with Crippen LogP contribution in [0.3, 0.4) is 0 Å². The maximum atomic E-state index is 11.4. The maximum absolute atomic E-state index is 11.4. The van der Waals surface area contributed by atoms with E-state index in [4.69, 9.17) is 0 Å². The Bertz CT molecular complexity index is 328. The summed E-state index contributed by atoms with van der Waals surface area (Å²) in [5.41, 5.74) is 0.961. The number of carbonyl (C=O) groups is 1. The Morgan fingerprint density at radius 1 is 1.71 bits per heavy atom. The van der Waals surface area contributed by atoms with Gasteiger partial charge in [-0.1, -0.05) is 12.8 Å². The molecule has 76 valence electrons. The number of hydrogen-bond acceptors (Lipinski definition) is 2. The number of amides is 1. The number of rotatable bonds is 4. The first-order chi connectivity index (χ1) is 6.74. The molecule has 1 aliphatic carbocycles. The molecule has 0 bridgehead atoms. The minimum atomic E-state index is 0.0726. The second-order valence-electron chi connectivity index (χ2n) is 3.97. The molecule has 1 heterocycles. The summed E-state index contributed by atoms with van der Waals surface area (Å²) in [6.07, 6.45) is 4.25. The van der Waals surface area contributed by atoms with E-state index in [-0.39, 0.29) is 5.91 Å². The van der Waals surface area contributed by atoms with Gasteiger partial charge in [0.15, 0.2) is 5.82 Å². The van der Waals surface area contributed by atoms with Crippen LogP contribution in [0.4, 0.5) is 5.82 Å². The topological polar surface area (TPSA) is 57.8 Å². The van der Waals surface area contributed by atoms with E-state index in [1.54, 1.807) is 0 Å². The van der Waals surface area contributed by atoms with E-state index in [1.807, 2.05) is 13.0 Å². The molecule has 0 atom stereocenters. The van der Waals surface area contributed by atoms with Crippen molar-refractivity contribution >= 4 is 11.7 Å². The molecule has 2 rings (SSSR count). The van der Waals surface area contributed by atoms with Gasteiger partial charge in [-0.3, -0.25) is 9.89 Å². The molecule has 0 aromatic carbocycles. The van der Waals surface area contributed by atoms with Gasteiger partial charge in [0.1, 0.15) is 0 Å². The van der Waals surface area contributed by atoms with E-state index in [0.29, 0.717) is 12.2 Å². The van der Waals surface area contributed by atoms with Gasteiger partial charge >= 0.3 is 0 Å². The largest absolute Gasteiger partial charge is 0.309 e. The Kier molecular flexibility index (Phi) is 2.52. The molecule has 4 nitrogen and oxygen atoms in total. The summed E-state index contributed by atoms with van der Waals surface area (Å²) in [5.74, 6) is 1.51. The van der Waals surface area contributed by atoms with Gasteiger partial charge in [0.2, 0.25) is 5.91 Å².